The first-order chi connectivity index (χ1) is 10.3. The van der Waals surface area contributed by atoms with E-state index >= 15 is 0 Å². The van der Waals surface area contributed by atoms with Crippen molar-refractivity contribution in [3.8, 4) is 0 Å². The first-order valence-corrected chi connectivity index (χ1v) is 8.40. The zero-order valence-electron chi connectivity index (χ0n) is 11.6. The number of para-hydroxylation sites is 1. The lowest BCUT2D eigenvalue weighted by Gasteiger charge is -2.31. The molecular weight excluding hydrogens is 304 g/mol. The molecule has 1 amide bonds. The van der Waals surface area contributed by atoms with Crippen molar-refractivity contribution in [1.82, 2.24) is 0 Å². The highest BCUT2D eigenvalue weighted by Gasteiger charge is 2.19. The van der Waals surface area contributed by atoms with Crippen LogP contribution in [-0.2, 0) is 0 Å². The van der Waals surface area contributed by atoms with Gasteiger partial charge < -0.3 is 10.2 Å². The average Bonchev–Trinajstić information content (AvgIpc) is 3.02. The molecule has 1 N–H and O–H groups in total. The summed E-state index contributed by atoms with van der Waals surface area (Å²) in [7, 11) is 0. The summed E-state index contributed by atoms with van der Waals surface area (Å²) in [6, 6.07) is 9.38. The maximum atomic E-state index is 12.3. The summed E-state index contributed by atoms with van der Waals surface area (Å²) in [4.78, 5) is 15.2. The zero-order chi connectivity index (χ0) is 14.7. The second-order valence-corrected chi connectivity index (χ2v) is 6.47. The van der Waals surface area contributed by atoms with E-state index in [4.69, 9.17) is 11.6 Å². The van der Waals surface area contributed by atoms with E-state index in [0.29, 0.717) is 9.90 Å². The van der Waals surface area contributed by atoms with E-state index in [9.17, 15) is 4.79 Å². The van der Waals surface area contributed by atoms with Gasteiger partial charge in [0.15, 0.2) is 0 Å². The number of carbonyl (C=O) groups excluding carboxylic acids is 1. The Morgan fingerprint density at radius 3 is 2.67 bits per heavy atom. The summed E-state index contributed by atoms with van der Waals surface area (Å²) in [6.07, 6.45) is 3.60. The molecule has 0 atom stereocenters. The summed E-state index contributed by atoms with van der Waals surface area (Å²) in [5.74, 6) is -0.0782. The molecule has 3 rings (SSSR count). The number of thiophene rings is 1. The molecule has 3 nitrogen and oxygen atoms in total. The molecule has 5 heteroatoms. The van der Waals surface area contributed by atoms with Crippen molar-refractivity contribution < 1.29 is 4.79 Å². The predicted molar refractivity (Wildman–Crippen MR) is 89.8 cm³/mol. The Balaban J connectivity index is 1.87. The van der Waals surface area contributed by atoms with Crippen LogP contribution in [0.2, 0.25) is 5.02 Å². The summed E-state index contributed by atoms with van der Waals surface area (Å²) >= 11 is 7.82. The number of benzene rings is 1. The first-order valence-electron chi connectivity index (χ1n) is 7.14. The van der Waals surface area contributed by atoms with Gasteiger partial charge in [-0.15, -0.1) is 11.3 Å². The van der Waals surface area contributed by atoms with E-state index < -0.39 is 0 Å². The molecule has 1 saturated heterocycles. The molecule has 0 saturated carbocycles. The lowest BCUT2D eigenvalue weighted by molar-refractivity contribution is 0.103. The Hall–Kier alpha value is -1.52. The quantitative estimate of drug-likeness (QED) is 0.893. The van der Waals surface area contributed by atoms with Crippen LogP contribution in [-0.4, -0.2) is 19.0 Å². The third-order valence-electron chi connectivity index (χ3n) is 3.65. The number of anilines is 2. The number of carbonyl (C=O) groups is 1. The lowest BCUT2D eigenvalue weighted by Crippen LogP contribution is -2.30. The van der Waals surface area contributed by atoms with Crippen molar-refractivity contribution >= 4 is 40.2 Å². The molecule has 0 spiro atoms. The highest BCUT2D eigenvalue weighted by Crippen LogP contribution is 2.35. The summed E-state index contributed by atoms with van der Waals surface area (Å²) < 4.78 is 0. The van der Waals surface area contributed by atoms with Crippen LogP contribution in [0.4, 0.5) is 11.4 Å². The van der Waals surface area contributed by atoms with E-state index in [0.717, 1.165) is 24.5 Å². The molecular formula is C16H17ClN2OS. The highest BCUT2D eigenvalue weighted by molar-refractivity contribution is 7.12. The number of amides is 1. The molecule has 2 aromatic rings. The SMILES string of the molecule is O=C(Nc1cccc(Cl)c1N1CCCCC1)c1cccs1. The topological polar surface area (TPSA) is 32.3 Å². The Labute approximate surface area is 133 Å². The Morgan fingerprint density at radius 1 is 1.14 bits per heavy atom. The van der Waals surface area contributed by atoms with Gasteiger partial charge in [-0.1, -0.05) is 23.7 Å². The van der Waals surface area contributed by atoms with E-state index in [1.54, 1.807) is 0 Å². The van der Waals surface area contributed by atoms with Crippen molar-refractivity contribution in [1.29, 1.82) is 0 Å². The van der Waals surface area contributed by atoms with E-state index in [1.807, 2.05) is 35.7 Å². The molecule has 1 fully saturated rings. The number of halogens is 1. The van der Waals surface area contributed by atoms with Gasteiger partial charge in [-0.2, -0.15) is 0 Å². The third-order valence-corrected chi connectivity index (χ3v) is 4.83. The van der Waals surface area contributed by atoms with E-state index in [2.05, 4.69) is 10.2 Å². The maximum absolute atomic E-state index is 12.3. The highest BCUT2D eigenvalue weighted by atomic mass is 35.5. The van der Waals surface area contributed by atoms with Crippen LogP contribution in [0.3, 0.4) is 0 Å². The molecule has 110 valence electrons. The second kappa shape index (κ2) is 6.50. The van der Waals surface area contributed by atoms with Crippen molar-refractivity contribution in [2.75, 3.05) is 23.3 Å². The predicted octanol–water partition coefficient (Wildman–Crippen LogP) is 4.64. The number of hydrogen-bond donors (Lipinski definition) is 1. The van der Waals surface area contributed by atoms with Crippen LogP contribution >= 0.6 is 22.9 Å². The van der Waals surface area contributed by atoms with Crippen LogP contribution in [0.25, 0.3) is 0 Å². The van der Waals surface area contributed by atoms with Gasteiger partial charge in [-0.3, -0.25) is 4.79 Å². The molecule has 0 radical (unpaired) electrons. The molecule has 21 heavy (non-hydrogen) atoms. The van der Waals surface area contributed by atoms with Crippen molar-refractivity contribution in [2.24, 2.45) is 0 Å². The number of nitrogens with one attached hydrogen (secondary N) is 1. The van der Waals surface area contributed by atoms with E-state index in [-0.39, 0.29) is 5.91 Å². The number of nitrogens with zero attached hydrogens (tertiary/aromatic N) is 1. The summed E-state index contributed by atoms with van der Waals surface area (Å²) in [5, 5.41) is 5.59. The summed E-state index contributed by atoms with van der Waals surface area (Å²) in [6.45, 7) is 1.98. The molecule has 1 aliphatic heterocycles. The fraction of sp³-hybridized carbons (Fsp3) is 0.312. The molecule has 1 aromatic heterocycles. The van der Waals surface area contributed by atoms with Gasteiger partial charge in [-0.05, 0) is 42.8 Å². The third kappa shape index (κ3) is 3.22. The molecule has 0 unspecified atom stereocenters. The van der Waals surface area contributed by atoms with Gasteiger partial charge in [0.25, 0.3) is 5.91 Å². The maximum Gasteiger partial charge on any atom is 0.265 e. The monoisotopic (exact) mass is 320 g/mol. The Bertz CT molecular complexity index is 621. The largest absolute Gasteiger partial charge is 0.369 e. The molecule has 1 aliphatic rings. The van der Waals surface area contributed by atoms with Crippen LogP contribution in [0.1, 0.15) is 28.9 Å². The van der Waals surface area contributed by atoms with Crippen molar-refractivity contribution in [3.63, 3.8) is 0 Å². The Morgan fingerprint density at radius 2 is 1.95 bits per heavy atom. The minimum atomic E-state index is -0.0782. The van der Waals surface area contributed by atoms with Gasteiger partial charge in [0.2, 0.25) is 0 Å². The fourth-order valence-corrected chi connectivity index (χ4v) is 3.56. The van der Waals surface area contributed by atoms with Crippen LogP contribution in [0.5, 0.6) is 0 Å². The molecule has 1 aromatic carbocycles. The van der Waals surface area contributed by atoms with E-state index in [1.165, 1.54) is 30.6 Å². The zero-order valence-corrected chi connectivity index (χ0v) is 13.2. The normalized spacial score (nSPS) is 15.0. The second-order valence-electron chi connectivity index (χ2n) is 5.12. The smallest absolute Gasteiger partial charge is 0.265 e. The molecule has 0 bridgehead atoms. The van der Waals surface area contributed by atoms with Gasteiger partial charge in [0.05, 0.1) is 21.3 Å². The van der Waals surface area contributed by atoms with Crippen LogP contribution in [0.15, 0.2) is 35.7 Å². The number of hydrogen-bond acceptors (Lipinski definition) is 3. The number of rotatable bonds is 3. The van der Waals surface area contributed by atoms with Gasteiger partial charge >= 0.3 is 0 Å². The minimum absolute atomic E-state index is 0.0782. The lowest BCUT2D eigenvalue weighted by atomic mass is 10.1. The average molecular weight is 321 g/mol. The first kappa shape index (κ1) is 14.4. The molecule has 2 heterocycles. The Kier molecular flexibility index (Phi) is 4.46. The fourth-order valence-electron chi connectivity index (χ4n) is 2.65. The minimum Gasteiger partial charge on any atom is -0.369 e. The van der Waals surface area contributed by atoms with Crippen molar-refractivity contribution in [2.45, 2.75) is 19.3 Å². The van der Waals surface area contributed by atoms with Gasteiger partial charge in [0.1, 0.15) is 0 Å². The molecule has 0 aliphatic carbocycles. The number of piperidine rings is 1. The van der Waals surface area contributed by atoms with Crippen LogP contribution < -0.4 is 10.2 Å². The van der Waals surface area contributed by atoms with Crippen molar-refractivity contribution in [3.05, 3.63) is 45.6 Å². The summed E-state index contributed by atoms with van der Waals surface area (Å²) in [5.41, 5.74) is 1.74. The van der Waals surface area contributed by atoms with Crippen LogP contribution in [0, 0.1) is 0 Å². The van der Waals surface area contributed by atoms with Gasteiger partial charge in [-0.25, -0.2) is 0 Å². The van der Waals surface area contributed by atoms with Gasteiger partial charge in [0, 0.05) is 13.1 Å². The standard InChI is InChI=1S/C16H17ClN2OS/c17-12-6-4-7-13(15(12)19-9-2-1-3-10-19)18-16(20)14-8-5-11-21-14/h4-8,11H,1-3,9-10H2,(H,18,20).